The molecular weight excluding hydrogens is 238 g/mol. The van der Waals surface area contributed by atoms with Gasteiger partial charge in [0.05, 0.1) is 12.7 Å². The minimum atomic E-state index is -1.11. The van der Waals surface area contributed by atoms with Gasteiger partial charge in [-0.2, -0.15) is 0 Å². The van der Waals surface area contributed by atoms with Crippen molar-refractivity contribution < 1.29 is 14.7 Å². The minimum Gasteiger partial charge on any atom is -0.476 e. The molecule has 0 unspecified atom stereocenters. The van der Waals surface area contributed by atoms with E-state index in [1.54, 1.807) is 0 Å². The molecule has 98 valence electrons. The SMILES string of the molecule is O=C(CC1CNC1)NCCn1cc(C(=O)O)nn1. The molecule has 8 nitrogen and oxygen atoms in total. The molecule has 1 fully saturated rings. The summed E-state index contributed by atoms with van der Waals surface area (Å²) < 4.78 is 1.40. The Morgan fingerprint density at radius 2 is 2.33 bits per heavy atom. The fourth-order valence-electron chi connectivity index (χ4n) is 1.64. The lowest BCUT2D eigenvalue weighted by Crippen LogP contribution is -2.44. The van der Waals surface area contributed by atoms with E-state index in [2.05, 4.69) is 20.9 Å². The van der Waals surface area contributed by atoms with Crippen molar-refractivity contribution in [2.75, 3.05) is 19.6 Å². The Kier molecular flexibility index (Phi) is 3.88. The Hall–Kier alpha value is -1.96. The van der Waals surface area contributed by atoms with Crippen molar-refractivity contribution in [3.05, 3.63) is 11.9 Å². The molecule has 0 radical (unpaired) electrons. The average Bonchev–Trinajstić information content (AvgIpc) is 2.72. The topological polar surface area (TPSA) is 109 Å². The molecule has 1 aromatic heterocycles. The number of carbonyl (C=O) groups is 2. The zero-order valence-electron chi connectivity index (χ0n) is 9.80. The van der Waals surface area contributed by atoms with E-state index in [-0.39, 0.29) is 11.6 Å². The van der Waals surface area contributed by atoms with Crippen molar-refractivity contribution in [1.29, 1.82) is 0 Å². The summed E-state index contributed by atoms with van der Waals surface area (Å²) in [5.74, 6) is -0.655. The number of nitrogens with zero attached hydrogens (tertiary/aromatic N) is 3. The van der Waals surface area contributed by atoms with Gasteiger partial charge in [0.2, 0.25) is 5.91 Å². The van der Waals surface area contributed by atoms with E-state index in [0.717, 1.165) is 13.1 Å². The molecule has 0 aliphatic carbocycles. The van der Waals surface area contributed by atoms with Crippen LogP contribution in [0.4, 0.5) is 0 Å². The second-order valence-electron chi connectivity index (χ2n) is 4.25. The van der Waals surface area contributed by atoms with Gasteiger partial charge in [-0.3, -0.25) is 4.79 Å². The molecule has 1 aromatic rings. The number of rotatable bonds is 6. The first-order chi connectivity index (χ1) is 8.65. The van der Waals surface area contributed by atoms with Gasteiger partial charge >= 0.3 is 5.97 Å². The molecule has 2 heterocycles. The molecule has 0 saturated carbocycles. The van der Waals surface area contributed by atoms with E-state index < -0.39 is 5.97 Å². The molecular formula is C10H15N5O3. The molecule has 1 amide bonds. The van der Waals surface area contributed by atoms with Crippen LogP contribution < -0.4 is 10.6 Å². The third-order valence-electron chi connectivity index (χ3n) is 2.76. The zero-order chi connectivity index (χ0) is 13.0. The first-order valence-corrected chi connectivity index (χ1v) is 5.76. The number of carboxylic acids is 1. The number of carboxylic acid groups (broad SMARTS) is 1. The van der Waals surface area contributed by atoms with Crippen molar-refractivity contribution in [1.82, 2.24) is 25.6 Å². The molecule has 18 heavy (non-hydrogen) atoms. The van der Waals surface area contributed by atoms with Crippen LogP contribution in [-0.2, 0) is 11.3 Å². The number of aromatic carboxylic acids is 1. The Balaban J connectivity index is 1.67. The maximum absolute atomic E-state index is 11.5. The van der Waals surface area contributed by atoms with Gasteiger partial charge in [0.1, 0.15) is 0 Å². The van der Waals surface area contributed by atoms with E-state index in [0.29, 0.717) is 25.4 Å². The molecule has 1 aliphatic heterocycles. The van der Waals surface area contributed by atoms with Crippen LogP contribution in [0.5, 0.6) is 0 Å². The highest BCUT2D eigenvalue weighted by atomic mass is 16.4. The highest BCUT2D eigenvalue weighted by molar-refractivity contribution is 5.84. The Morgan fingerprint density at radius 1 is 1.56 bits per heavy atom. The predicted octanol–water partition coefficient (Wildman–Crippen LogP) is -1.30. The van der Waals surface area contributed by atoms with E-state index >= 15 is 0 Å². The zero-order valence-corrected chi connectivity index (χ0v) is 9.80. The first kappa shape index (κ1) is 12.5. The van der Waals surface area contributed by atoms with E-state index in [4.69, 9.17) is 5.11 Å². The van der Waals surface area contributed by atoms with Crippen LogP contribution in [0.15, 0.2) is 6.20 Å². The van der Waals surface area contributed by atoms with Gasteiger partial charge in [0.15, 0.2) is 5.69 Å². The van der Waals surface area contributed by atoms with Gasteiger partial charge in [0.25, 0.3) is 0 Å². The van der Waals surface area contributed by atoms with Crippen molar-refractivity contribution in [2.24, 2.45) is 5.92 Å². The lowest BCUT2D eigenvalue weighted by atomic mass is 9.99. The number of amides is 1. The van der Waals surface area contributed by atoms with Gasteiger partial charge in [-0.05, 0) is 19.0 Å². The summed E-state index contributed by atoms with van der Waals surface area (Å²) in [7, 11) is 0. The lowest BCUT2D eigenvalue weighted by molar-refractivity contribution is -0.122. The maximum Gasteiger partial charge on any atom is 0.358 e. The molecule has 0 aromatic carbocycles. The third-order valence-corrected chi connectivity index (χ3v) is 2.76. The van der Waals surface area contributed by atoms with Gasteiger partial charge in [0, 0.05) is 13.0 Å². The summed E-state index contributed by atoms with van der Waals surface area (Å²) in [4.78, 5) is 22.0. The molecule has 3 N–H and O–H groups in total. The highest BCUT2D eigenvalue weighted by Crippen LogP contribution is 2.07. The molecule has 8 heteroatoms. The Labute approximate surface area is 103 Å². The van der Waals surface area contributed by atoms with Gasteiger partial charge in [-0.15, -0.1) is 5.10 Å². The molecule has 1 saturated heterocycles. The van der Waals surface area contributed by atoms with Crippen molar-refractivity contribution in [2.45, 2.75) is 13.0 Å². The molecule has 2 rings (SSSR count). The number of hydrogen-bond acceptors (Lipinski definition) is 5. The first-order valence-electron chi connectivity index (χ1n) is 5.76. The predicted molar refractivity (Wildman–Crippen MR) is 61.0 cm³/mol. The van der Waals surface area contributed by atoms with Crippen LogP contribution in [0.25, 0.3) is 0 Å². The monoisotopic (exact) mass is 253 g/mol. The molecule has 0 atom stereocenters. The summed E-state index contributed by atoms with van der Waals surface area (Å²) >= 11 is 0. The Bertz CT molecular complexity index is 440. The van der Waals surface area contributed by atoms with Gasteiger partial charge in [-0.1, -0.05) is 5.21 Å². The molecule has 0 spiro atoms. The van der Waals surface area contributed by atoms with Crippen LogP contribution in [0.1, 0.15) is 16.9 Å². The van der Waals surface area contributed by atoms with Crippen molar-refractivity contribution in [3.63, 3.8) is 0 Å². The number of hydrogen-bond donors (Lipinski definition) is 3. The third kappa shape index (κ3) is 3.27. The quantitative estimate of drug-likeness (QED) is 0.581. The van der Waals surface area contributed by atoms with Crippen LogP contribution in [0, 0.1) is 5.92 Å². The fourth-order valence-corrected chi connectivity index (χ4v) is 1.64. The van der Waals surface area contributed by atoms with Crippen LogP contribution in [0.3, 0.4) is 0 Å². The second kappa shape index (κ2) is 5.58. The summed E-state index contributed by atoms with van der Waals surface area (Å²) in [6, 6.07) is 0. The Morgan fingerprint density at radius 3 is 2.89 bits per heavy atom. The number of nitrogens with one attached hydrogen (secondary N) is 2. The second-order valence-corrected chi connectivity index (χ2v) is 4.25. The molecule has 0 bridgehead atoms. The smallest absolute Gasteiger partial charge is 0.358 e. The fraction of sp³-hybridized carbons (Fsp3) is 0.600. The summed E-state index contributed by atoms with van der Waals surface area (Å²) in [5.41, 5.74) is -0.0955. The van der Waals surface area contributed by atoms with Gasteiger partial charge < -0.3 is 15.7 Å². The maximum atomic E-state index is 11.5. The average molecular weight is 253 g/mol. The minimum absolute atomic E-state index is 0.0140. The van der Waals surface area contributed by atoms with E-state index in [1.807, 2.05) is 0 Å². The highest BCUT2D eigenvalue weighted by Gasteiger charge is 2.19. The number of carbonyl (C=O) groups excluding carboxylic acids is 1. The summed E-state index contributed by atoms with van der Waals surface area (Å²) in [5, 5.41) is 21.6. The lowest BCUT2D eigenvalue weighted by Gasteiger charge is -2.26. The largest absolute Gasteiger partial charge is 0.476 e. The van der Waals surface area contributed by atoms with Crippen molar-refractivity contribution >= 4 is 11.9 Å². The van der Waals surface area contributed by atoms with Crippen LogP contribution in [-0.4, -0.2) is 51.6 Å². The summed E-state index contributed by atoms with van der Waals surface area (Å²) in [6.07, 6.45) is 1.87. The van der Waals surface area contributed by atoms with Crippen LogP contribution >= 0.6 is 0 Å². The normalized spacial score (nSPS) is 15.1. The van der Waals surface area contributed by atoms with Crippen molar-refractivity contribution in [3.8, 4) is 0 Å². The standard InChI is InChI=1S/C10H15N5O3/c16-9(3-7-4-11-5-7)12-1-2-15-6-8(10(17)18)13-14-15/h6-7,11H,1-5H2,(H,12,16)(H,17,18). The van der Waals surface area contributed by atoms with E-state index in [1.165, 1.54) is 10.9 Å². The van der Waals surface area contributed by atoms with Gasteiger partial charge in [-0.25, -0.2) is 9.48 Å². The van der Waals surface area contributed by atoms with Crippen LogP contribution in [0.2, 0.25) is 0 Å². The number of aromatic nitrogens is 3. The summed E-state index contributed by atoms with van der Waals surface area (Å²) in [6.45, 7) is 2.63. The molecule has 1 aliphatic rings. The van der Waals surface area contributed by atoms with E-state index in [9.17, 15) is 9.59 Å².